The van der Waals surface area contributed by atoms with Gasteiger partial charge in [0.15, 0.2) is 0 Å². The van der Waals surface area contributed by atoms with Crippen LogP contribution in [0.15, 0.2) is 24.3 Å². The Hall–Kier alpha value is -1.39. The van der Waals surface area contributed by atoms with Gasteiger partial charge >= 0.3 is 0 Å². The van der Waals surface area contributed by atoms with Crippen molar-refractivity contribution in [1.29, 1.82) is 0 Å². The Morgan fingerprint density at radius 1 is 1.42 bits per heavy atom. The van der Waals surface area contributed by atoms with Crippen LogP contribution in [-0.2, 0) is 16.0 Å². The highest BCUT2D eigenvalue weighted by atomic mass is 16.5. The Kier molecular flexibility index (Phi) is 3.53. The molecule has 19 heavy (non-hydrogen) atoms. The largest absolute Gasteiger partial charge is 0.373 e. The van der Waals surface area contributed by atoms with Crippen LogP contribution in [0.5, 0.6) is 0 Å². The first-order valence-corrected chi connectivity index (χ1v) is 6.97. The van der Waals surface area contributed by atoms with Crippen molar-refractivity contribution in [3.63, 3.8) is 0 Å². The van der Waals surface area contributed by atoms with Crippen LogP contribution >= 0.6 is 0 Å². The number of fused-ring (bicyclic) bond motifs is 1. The average molecular weight is 260 g/mol. The van der Waals surface area contributed by atoms with Gasteiger partial charge in [0.2, 0.25) is 5.91 Å². The Labute approximate surface area is 113 Å². The fourth-order valence-corrected chi connectivity index (χ4v) is 2.95. The molecule has 1 amide bonds. The zero-order chi connectivity index (χ0) is 13.2. The van der Waals surface area contributed by atoms with Crippen LogP contribution in [0.4, 0.5) is 0 Å². The fourth-order valence-electron chi connectivity index (χ4n) is 2.95. The minimum absolute atomic E-state index is 0.0886. The van der Waals surface area contributed by atoms with Gasteiger partial charge in [-0.1, -0.05) is 24.3 Å². The van der Waals surface area contributed by atoms with Gasteiger partial charge in [-0.25, -0.2) is 0 Å². The molecule has 0 saturated carbocycles. The van der Waals surface area contributed by atoms with Crippen molar-refractivity contribution < 1.29 is 9.53 Å². The number of likely N-dealkylation sites (tertiary alicyclic amines) is 1. The van der Waals surface area contributed by atoms with E-state index in [4.69, 9.17) is 10.5 Å². The summed E-state index contributed by atoms with van der Waals surface area (Å²) in [4.78, 5) is 14.1. The first-order valence-electron chi connectivity index (χ1n) is 6.97. The molecule has 1 aromatic rings. The molecule has 4 nitrogen and oxygen atoms in total. The predicted molar refractivity (Wildman–Crippen MR) is 72.6 cm³/mol. The Balaban J connectivity index is 1.69. The zero-order valence-electron chi connectivity index (χ0n) is 11.0. The van der Waals surface area contributed by atoms with Crippen LogP contribution in [-0.4, -0.2) is 36.5 Å². The van der Waals surface area contributed by atoms with Gasteiger partial charge in [0.25, 0.3) is 0 Å². The standard InChI is InChI=1S/C15H20N2O2/c16-12-5-7-17(10-12)15(18)9-14-13-4-2-1-3-11(13)6-8-19-14/h1-4,12,14H,5-10,16H2/t12-,14+/m1/s1. The fraction of sp³-hybridized carbons (Fsp3) is 0.533. The maximum atomic E-state index is 12.3. The minimum atomic E-state index is -0.0886. The topological polar surface area (TPSA) is 55.6 Å². The molecule has 2 aliphatic heterocycles. The van der Waals surface area contributed by atoms with Crippen LogP contribution in [0.1, 0.15) is 30.1 Å². The highest BCUT2D eigenvalue weighted by Crippen LogP contribution is 2.30. The van der Waals surface area contributed by atoms with E-state index < -0.39 is 0 Å². The maximum Gasteiger partial charge on any atom is 0.225 e. The van der Waals surface area contributed by atoms with E-state index in [-0.39, 0.29) is 18.1 Å². The molecule has 1 fully saturated rings. The van der Waals surface area contributed by atoms with Crippen molar-refractivity contribution in [1.82, 2.24) is 4.90 Å². The third-order valence-corrected chi connectivity index (χ3v) is 4.03. The van der Waals surface area contributed by atoms with Crippen molar-refractivity contribution >= 4 is 5.91 Å². The van der Waals surface area contributed by atoms with Gasteiger partial charge in [-0.2, -0.15) is 0 Å². The number of nitrogens with zero attached hydrogens (tertiary/aromatic N) is 1. The summed E-state index contributed by atoms with van der Waals surface area (Å²) in [5, 5.41) is 0. The number of carbonyl (C=O) groups excluding carboxylic acids is 1. The van der Waals surface area contributed by atoms with Gasteiger partial charge in [0, 0.05) is 19.1 Å². The van der Waals surface area contributed by atoms with Crippen molar-refractivity contribution in [2.24, 2.45) is 5.73 Å². The molecule has 2 N–H and O–H groups in total. The lowest BCUT2D eigenvalue weighted by Crippen LogP contribution is -2.33. The third kappa shape index (κ3) is 2.65. The number of nitrogens with two attached hydrogens (primary N) is 1. The molecular formula is C15H20N2O2. The third-order valence-electron chi connectivity index (χ3n) is 4.03. The van der Waals surface area contributed by atoms with Crippen molar-refractivity contribution in [2.45, 2.75) is 31.4 Å². The smallest absolute Gasteiger partial charge is 0.225 e. The molecule has 0 spiro atoms. The van der Waals surface area contributed by atoms with E-state index in [1.54, 1.807) is 0 Å². The zero-order valence-corrected chi connectivity index (χ0v) is 11.0. The normalized spacial score (nSPS) is 26.3. The molecule has 1 aromatic carbocycles. The lowest BCUT2D eigenvalue weighted by Gasteiger charge is -2.27. The van der Waals surface area contributed by atoms with Gasteiger partial charge in [-0.15, -0.1) is 0 Å². The molecule has 0 radical (unpaired) electrons. The number of hydrogen-bond acceptors (Lipinski definition) is 3. The summed E-state index contributed by atoms with van der Waals surface area (Å²) < 4.78 is 5.78. The van der Waals surface area contributed by atoms with E-state index in [0.717, 1.165) is 19.4 Å². The van der Waals surface area contributed by atoms with Gasteiger partial charge in [0.1, 0.15) is 0 Å². The summed E-state index contributed by atoms with van der Waals surface area (Å²) in [7, 11) is 0. The lowest BCUT2D eigenvalue weighted by atomic mass is 9.95. The summed E-state index contributed by atoms with van der Waals surface area (Å²) in [5.41, 5.74) is 8.33. The van der Waals surface area contributed by atoms with Crippen molar-refractivity contribution in [3.8, 4) is 0 Å². The summed E-state index contributed by atoms with van der Waals surface area (Å²) in [6.45, 7) is 2.18. The second kappa shape index (κ2) is 5.31. The number of rotatable bonds is 2. The molecule has 0 unspecified atom stereocenters. The highest BCUT2D eigenvalue weighted by molar-refractivity contribution is 5.77. The van der Waals surface area contributed by atoms with Gasteiger partial charge < -0.3 is 15.4 Å². The summed E-state index contributed by atoms with van der Waals surface area (Å²) in [6.07, 6.45) is 2.20. The highest BCUT2D eigenvalue weighted by Gasteiger charge is 2.28. The first kappa shape index (κ1) is 12.6. The number of carbonyl (C=O) groups is 1. The van der Waals surface area contributed by atoms with Crippen LogP contribution in [0.25, 0.3) is 0 Å². The van der Waals surface area contributed by atoms with E-state index in [0.29, 0.717) is 19.6 Å². The molecular weight excluding hydrogens is 240 g/mol. The predicted octanol–water partition coefficient (Wildman–Crippen LogP) is 1.25. The van der Waals surface area contributed by atoms with Gasteiger partial charge in [-0.05, 0) is 24.0 Å². The average Bonchev–Trinajstić information content (AvgIpc) is 2.86. The lowest BCUT2D eigenvalue weighted by molar-refractivity contribution is -0.133. The Morgan fingerprint density at radius 2 is 2.26 bits per heavy atom. The summed E-state index contributed by atoms with van der Waals surface area (Å²) >= 11 is 0. The number of hydrogen-bond donors (Lipinski definition) is 1. The quantitative estimate of drug-likeness (QED) is 0.870. The number of amides is 1. The molecule has 0 aliphatic carbocycles. The number of benzene rings is 1. The monoisotopic (exact) mass is 260 g/mol. The van der Waals surface area contributed by atoms with Crippen LogP contribution in [0.2, 0.25) is 0 Å². The molecule has 3 rings (SSSR count). The molecule has 4 heteroatoms. The van der Waals surface area contributed by atoms with E-state index in [1.165, 1.54) is 11.1 Å². The van der Waals surface area contributed by atoms with E-state index in [1.807, 2.05) is 17.0 Å². The van der Waals surface area contributed by atoms with E-state index in [9.17, 15) is 4.79 Å². The second-order valence-electron chi connectivity index (χ2n) is 5.40. The molecule has 102 valence electrons. The molecule has 2 atom stereocenters. The van der Waals surface area contributed by atoms with Gasteiger partial charge in [0.05, 0.1) is 19.1 Å². The number of ether oxygens (including phenoxy) is 1. The summed E-state index contributed by atoms with van der Waals surface area (Å²) in [5.74, 6) is 0.162. The maximum absolute atomic E-state index is 12.3. The second-order valence-corrected chi connectivity index (χ2v) is 5.40. The van der Waals surface area contributed by atoms with Crippen molar-refractivity contribution in [2.75, 3.05) is 19.7 Å². The van der Waals surface area contributed by atoms with Crippen LogP contribution < -0.4 is 5.73 Å². The molecule has 2 heterocycles. The minimum Gasteiger partial charge on any atom is -0.373 e. The SMILES string of the molecule is N[C@@H]1CCN(C(=O)C[C@@H]2OCCc3ccccc32)C1. The Bertz CT molecular complexity index is 475. The van der Waals surface area contributed by atoms with Crippen molar-refractivity contribution in [3.05, 3.63) is 35.4 Å². The van der Waals surface area contributed by atoms with E-state index >= 15 is 0 Å². The molecule has 0 bridgehead atoms. The first-order chi connectivity index (χ1) is 9.24. The summed E-state index contributed by atoms with van der Waals surface area (Å²) in [6, 6.07) is 8.39. The van der Waals surface area contributed by atoms with Crippen LogP contribution in [0.3, 0.4) is 0 Å². The Morgan fingerprint density at radius 3 is 3.05 bits per heavy atom. The van der Waals surface area contributed by atoms with E-state index in [2.05, 4.69) is 12.1 Å². The molecule has 2 aliphatic rings. The van der Waals surface area contributed by atoms with Gasteiger partial charge in [-0.3, -0.25) is 4.79 Å². The molecule has 0 aromatic heterocycles. The van der Waals surface area contributed by atoms with Crippen LogP contribution in [0, 0.1) is 0 Å². The molecule has 1 saturated heterocycles.